The second-order valence-corrected chi connectivity index (χ2v) is 6.63. The van der Waals surface area contributed by atoms with E-state index >= 15 is 0 Å². The maximum atomic E-state index is 11.1. The van der Waals surface area contributed by atoms with Crippen LogP contribution in [0.25, 0.3) is 0 Å². The number of halogens is 1. The first kappa shape index (κ1) is 16.3. The van der Waals surface area contributed by atoms with Gasteiger partial charge < -0.3 is 4.74 Å². The molecule has 0 heterocycles. The van der Waals surface area contributed by atoms with Gasteiger partial charge in [0.2, 0.25) is 0 Å². The van der Waals surface area contributed by atoms with Crippen molar-refractivity contribution in [3.63, 3.8) is 0 Å². The van der Waals surface area contributed by atoms with Gasteiger partial charge in [0, 0.05) is 16.8 Å². The highest BCUT2D eigenvalue weighted by Gasteiger charge is 2.31. The minimum atomic E-state index is -0.365. The van der Waals surface area contributed by atoms with Gasteiger partial charge in [-0.2, -0.15) is 0 Å². The number of hydrogen-bond donors (Lipinski definition) is 0. The highest BCUT2D eigenvalue weighted by Crippen LogP contribution is 2.38. The van der Waals surface area contributed by atoms with Gasteiger partial charge in [0.1, 0.15) is 0 Å². The minimum absolute atomic E-state index is 0.0633. The molecular weight excluding hydrogens is 334 g/mol. The van der Waals surface area contributed by atoms with Gasteiger partial charge in [0.15, 0.2) is 5.75 Å². The zero-order valence-corrected chi connectivity index (χ0v) is 14.0. The summed E-state index contributed by atoms with van der Waals surface area (Å²) in [5, 5.41) is 12.0. The Morgan fingerprint density at radius 1 is 1.29 bits per heavy atom. The summed E-state index contributed by atoms with van der Waals surface area (Å²) in [6.07, 6.45) is 7.23. The van der Waals surface area contributed by atoms with E-state index in [9.17, 15) is 10.1 Å². The molecule has 0 aliphatic heterocycles. The van der Waals surface area contributed by atoms with E-state index in [2.05, 4.69) is 15.9 Å². The second-order valence-electron chi connectivity index (χ2n) is 6.06. The van der Waals surface area contributed by atoms with E-state index in [-0.39, 0.29) is 16.0 Å². The average molecular weight is 356 g/mol. The molecule has 1 aromatic carbocycles. The lowest BCUT2D eigenvalue weighted by molar-refractivity contribution is -0.386. The summed E-state index contributed by atoms with van der Waals surface area (Å²) in [4.78, 5) is 10.8. The normalized spacial score (nSPS) is 18.0. The Hall–Kier alpha value is -1.10. The largest absolute Gasteiger partial charge is 0.486 e. The van der Waals surface area contributed by atoms with Crippen molar-refractivity contribution in [3.8, 4) is 5.75 Å². The van der Waals surface area contributed by atoms with Gasteiger partial charge >= 0.3 is 5.69 Å². The highest BCUT2D eigenvalue weighted by molar-refractivity contribution is 9.09. The van der Waals surface area contributed by atoms with Crippen molar-refractivity contribution >= 4 is 21.6 Å². The third kappa shape index (κ3) is 4.19. The molecule has 2 rings (SSSR count). The van der Waals surface area contributed by atoms with Gasteiger partial charge in [-0.25, -0.2) is 0 Å². The van der Waals surface area contributed by atoms with Crippen LogP contribution in [-0.2, 0) is 0 Å². The number of nitrogens with zero attached hydrogens (tertiary/aromatic N) is 1. The molecule has 0 bridgehead atoms. The summed E-state index contributed by atoms with van der Waals surface area (Å²) >= 11 is 3.62. The van der Waals surface area contributed by atoms with Crippen molar-refractivity contribution < 1.29 is 9.66 Å². The Morgan fingerprint density at radius 2 is 1.95 bits per heavy atom. The lowest BCUT2D eigenvalue weighted by Gasteiger charge is -2.30. The van der Waals surface area contributed by atoms with Crippen LogP contribution in [0.5, 0.6) is 5.75 Å². The fourth-order valence-electron chi connectivity index (χ4n) is 2.92. The molecule has 116 valence electrons. The molecular formula is C16H22BrNO3. The van der Waals surface area contributed by atoms with Crippen LogP contribution in [0.3, 0.4) is 0 Å². The summed E-state index contributed by atoms with van der Waals surface area (Å²) in [6, 6.07) is 5.14. The lowest BCUT2D eigenvalue weighted by Crippen LogP contribution is -2.30. The van der Waals surface area contributed by atoms with Crippen LogP contribution >= 0.6 is 15.9 Å². The van der Waals surface area contributed by atoms with E-state index in [0.29, 0.717) is 12.4 Å². The number of ether oxygens (including phenoxy) is 1. The van der Waals surface area contributed by atoms with E-state index in [0.717, 1.165) is 23.7 Å². The zero-order valence-electron chi connectivity index (χ0n) is 12.4. The molecule has 0 atom stereocenters. The first-order valence-electron chi connectivity index (χ1n) is 7.50. The van der Waals surface area contributed by atoms with E-state index < -0.39 is 0 Å². The van der Waals surface area contributed by atoms with Crippen LogP contribution in [0.2, 0.25) is 0 Å². The van der Waals surface area contributed by atoms with E-state index in [4.69, 9.17) is 4.74 Å². The van der Waals surface area contributed by atoms with Crippen LogP contribution < -0.4 is 4.74 Å². The Balaban J connectivity index is 2.12. The molecule has 4 nitrogen and oxygen atoms in total. The number of nitro benzene ring substituents is 1. The minimum Gasteiger partial charge on any atom is -0.486 e. The Bertz CT molecular complexity index is 496. The average Bonchev–Trinajstić information content (AvgIpc) is 2.72. The zero-order chi connectivity index (χ0) is 15.3. The van der Waals surface area contributed by atoms with Crippen molar-refractivity contribution in [2.75, 3.05) is 11.9 Å². The van der Waals surface area contributed by atoms with Gasteiger partial charge in [-0.15, -0.1) is 0 Å². The predicted octanol–water partition coefficient (Wildman–Crippen LogP) is 5.02. The maximum Gasteiger partial charge on any atom is 0.311 e. The summed E-state index contributed by atoms with van der Waals surface area (Å²) in [5.74, 6) is 0.384. The summed E-state index contributed by atoms with van der Waals surface area (Å²) < 4.78 is 5.87. The van der Waals surface area contributed by atoms with Crippen LogP contribution in [0.1, 0.15) is 44.1 Å². The highest BCUT2D eigenvalue weighted by atomic mass is 79.9. The summed E-state index contributed by atoms with van der Waals surface area (Å²) in [5.41, 5.74) is 1.04. The standard InChI is InChI=1S/C16H22BrNO3/c1-13-6-7-15(14(10-13)18(19)20)21-12-16(11-17)8-4-2-3-5-9-16/h6-7,10H,2-5,8-9,11-12H2,1H3. The number of rotatable bonds is 5. The number of alkyl halides is 1. The van der Waals surface area contributed by atoms with Crippen LogP contribution in [0, 0.1) is 22.5 Å². The fraction of sp³-hybridized carbons (Fsp3) is 0.625. The summed E-state index contributed by atoms with van der Waals surface area (Å²) in [6.45, 7) is 2.39. The molecule has 1 aromatic rings. The Morgan fingerprint density at radius 3 is 2.52 bits per heavy atom. The first-order valence-corrected chi connectivity index (χ1v) is 8.62. The molecule has 0 aromatic heterocycles. The van der Waals surface area contributed by atoms with Gasteiger partial charge in [-0.05, 0) is 31.4 Å². The Labute approximate surface area is 134 Å². The van der Waals surface area contributed by atoms with Crippen molar-refractivity contribution in [1.29, 1.82) is 0 Å². The molecule has 0 spiro atoms. The lowest BCUT2D eigenvalue weighted by atomic mass is 9.83. The van der Waals surface area contributed by atoms with Crippen molar-refractivity contribution in [2.24, 2.45) is 5.41 Å². The number of nitro groups is 1. The predicted molar refractivity (Wildman–Crippen MR) is 87.3 cm³/mol. The third-order valence-corrected chi connectivity index (χ3v) is 5.48. The molecule has 0 radical (unpaired) electrons. The molecule has 0 saturated heterocycles. The smallest absolute Gasteiger partial charge is 0.311 e. The van der Waals surface area contributed by atoms with Gasteiger partial charge in [-0.1, -0.05) is 47.7 Å². The van der Waals surface area contributed by atoms with E-state index in [1.807, 2.05) is 13.0 Å². The first-order chi connectivity index (χ1) is 10.1. The molecule has 1 aliphatic rings. The molecule has 5 heteroatoms. The van der Waals surface area contributed by atoms with Gasteiger partial charge in [0.05, 0.1) is 11.5 Å². The number of hydrogen-bond acceptors (Lipinski definition) is 3. The fourth-order valence-corrected chi connectivity index (χ4v) is 3.64. The summed E-state index contributed by atoms with van der Waals surface area (Å²) in [7, 11) is 0. The number of benzene rings is 1. The van der Waals surface area contributed by atoms with Crippen molar-refractivity contribution in [2.45, 2.75) is 45.4 Å². The molecule has 0 unspecified atom stereocenters. The van der Waals surface area contributed by atoms with E-state index in [1.165, 1.54) is 25.7 Å². The van der Waals surface area contributed by atoms with Crippen LogP contribution in [0.4, 0.5) is 5.69 Å². The molecule has 1 fully saturated rings. The number of aryl methyl sites for hydroxylation is 1. The molecule has 1 aliphatic carbocycles. The molecule has 21 heavy (non-hydrogen) atoms. The van der Waals surface area contributed by atoms with Crippen LogP contribution in [-0.4, -0.2) is 16.9 Å². The third-order valence-electron chi connectivity index (χ3n) is 4.29. The maximum absolute atomic E-state index is 11.1. The van der Waals surface area contributed by atoms with Gasteiger partial charge in [-0.3, -0.25) is 10.1 Å². The van der Waals surface area contributed by atoms with Gasteiger partial charge in [0.25, 0.3) is 0 Å². The monoisotopic (exact) mass is 355 g/mol. The van der Waals surface area contributed by atoms with Crippen LogP contribution in [0.15, 0.2) is 18.2 Å². The molecule has 0 N–H and O–H groups in total. The van der Waals surface area contributed by atoms with Crippen molar-refractivity contribution in [3.05, 3.63) is 33.9 Å². The quantitative estimate of drug-likeness (QED) is 0.322. The van der Waals surface area contributed by atoms with E-state index in [1.54, 1.807) is 12.1 Å². The Kier molecular flexibility index (Phi) is 5.62. The molecule has 1 saturated carbocycles. The molecule has 0 amide bonds. The SMILES string of the molecule is Cc1ccc(OCC2(CBr)CCCCCC2)c([N+](=O)[O-])c1. The topological polar surface area (TPSA) is 52.4 Å². The van der Waals surface area contributed by atoms with Crippen molar-refractivity contribution in [1.82, 2.24) is 0 Å². The second kappa shape index (κ2) is 7.25.